The SMILES string of the molecule is C=C1CC1[C@@H]1[C@@H]([C@@H](C)O[Si](C)(C)C(C)(C)C)C(=O)N1C(O)C(=O)OCc1ccccc1. The molecule has 0 radical (unpaired) electrons. The average Bonchev–Trinajstić information content (AvgIpc) is 3.38. The highest BCUT2D eigenvalue weighted by molar-refractivity contribution is 6.74. The summed E-state index contributed by atoms with van der Waals surface area (Å²) in [4.78, 5) is 26.8. The molecule has 1 saturated carbocycles. The predicted molar refractivity (Wildman–Crippen MR) is 121 cm³/mol. The Bertz CT molecular complexity index is 847. The molecule has 6 nitrogen and oxygen atoms in total. The van der Waals surface area contributed by atoms with Gasteiger partial charge in [0.15, 0.2) is 8.32 Å². The summed E-state index contributed by atoms with van der Waals surface area (Å²) in [6.07, 6.45) is -1.12. The number of aliphatic hydroxyl groups excluding tert-OH is 1. The van der Waals surface area contributed by atoms with Gasteiger partial charge in [-0.2, -0.15) is 0 Å². The third-order valence-electron chi connectivity index (χ3n) is 6.98. The molecule has 0 aromatic heterocycles. The fourth-order valence-electron chi connectivity index (χ4n) is 3.98. The van der Waals surface area contributed by atoms with Gasteiger partial charge in [-0.3, -0.25) is 4.79 Å². The Hall–Kier alpha value is -1.96. The molecule has 3 rings (SSSR count). The molecule has 1 saturated heterocycles. The van der Waals surface area contributed by atoms with Crippen molar-refractivity contribution in [2.24, 2.45) is 11.8 Å². The molecule has 2 fully saturated rings. The lowest BCUT2D eigenvalue weighted by atomic mass is 9.80. The molecule has 0 spiro atoms. The second-order valence-corrected chi connectivity index (χ2v) is 15.0. The summed E-state index contributed by atoms with van der Waals surface area (Å²) in [6.45, 7) is 16.8. The van der Waals surface area contributed by atoms with Crippen LogP contribution >= 0.6 is 0 Å². The number of β-lactam (4-membered cyclic amide) rings is 1. The standard InChI is InChI=1S/C24H35NO5Si/c1-15-13-18(15)20-19(16(2)30-31(6,7)24(3,4)5)21(26)25(20)22(27)23(28)29-14-17-11-9-8-10-12-17/h8-12,16,18-20,22,27H,1,13-14H2,2-7H3/t16-,18?,19-,20-,22?/m1/s1. The monoisotopic (exact) mass is 445 g/mol. The molecule has 1 amide bonds. The molecule has 1 aromatic carbocycles. The maximum Gasteiger partial charge on any atom is 0.356 e. The fraction of sp³-hybridized carbons (Fsp3) is 0.583. The zero-order valence-electron chi connectivity index (χ0n) is 19.4. The summed E-state index contributed by atoms with van der Waals surface area (Å²) in [5.41, 5.74) is 1.86. The topological polar surface area (TPSA) is 76.1 Å². The van der Waals surface area contributed by atoms with Crippen LogP contribution in [0.3, 0.4) is 0 Å². The Labute approximate surface area is 186 Å². The number of hydrogen-bond acceptors (Lipinski definition) is 5. The number of rotatable bonds is 8. The smallest absolute Gasteiger partial charge is 0.356 e. The minimum atomic E-state index is -2.07. The first-order valence-corrected chi connectivity index (χ1v) is 13.8. The summed E-state index contributed by atoms with van der Waals surface area (Å²) < 4.78 is 11.7. The van der Waals surface area contributed by atoms with E-state index in [4.69, 9.17) is 9.16 Å². The maximum absolute atomic E-state index is 13.1. The normalized spacial score (nSPS) is 25.6. The van der Waals surface area contributed by atoms with Crippen molar-refractivity contribution in [2.45, 2.75) is 77.2 Å². The Morgan fingerprint density at radius 2 is 1.87 bits per heavy atom. The van der Waals surface area contributed by atoms with Crippen LogP contribution in [0.15, 0.2) is 42.5 Å². The Morgan fingerprint density at radius 3 is 2.39 bits per heavy atom. The minimum Gasteiger partial charge on any atom is -0.457 e. The molecule has 1 N–H and O–H groups in total. The van der Waals surface area contributed by atoms with Gasteiger partial charge in [-0.05, 0) is 37.0 Å². The van der Waals surface area contributed by atoms with Crippen LogP contribution in [-0.2, 0) is 25.4 Å². The van der Waals surface area contributed by atoms with E-state index in [1.165, 1.54) is 4.90 Å². The van der Waals surface area contributed by atoms with Gasteiger partial charge in [0, 0.05) is 5.92 Å². The van der Waals surface area contributed by atoms with Gasteiger partial charge in [0.1, 0.15) is 6.61 Å². The number of amides is 1. The Kier molecular flexibility index (Phi) is 6.51. The number of carbonyl (C=O) groups is 2. The fourth-order valence-corrected chi connectivity index (χ4v) is 5.41. The van der Waals surface area contributed by atoms with E-state index < -0.39 is 26.4 Å². The molecule has 0 bridgehead atoms. The molecule has 2 aliphatic rings. The van der Waals surface area contributed by atoms with Crippen LogP contribution in [0.5, 0.6) is 0 Å². The summed E-state index contributed by atoms with van der Waals surface area (Å²) in [6, 6.07) is 8.95. The number of hydrogen-bond donors (Lipinski definition) is 1. The molecule has 7 heteroatoms. The van der Waals surface area contributed by atoms with Crippen LogP contribution in [0.2, 0.25) is 18.1 Å². The molecule has 1 aliphatic heterocycles. The highest BCUT2D eigenvalue weighted by Gasteiger charge is 2.61. The first-order valence-electron chi connectivity index (χ1n) is 10.9. The van der Waals surface area contributed by atoms with Gasteiger partial charge < -0.3 is 19.2 Å². The highest BCUT2D eigenvalue weighted by Crippen LogP contribution is 2.51. The van der Waals surface area contributed by atoms with Crippen LogP contribution in [0.25, 0.3) is 0 Å². The van der Waals surface area contributed by atoms with Crippen LogP contribution in [0.4, 0.5) is 0 Å². The number of aliphatic hydroxyl groups is 1. The van der Waals surface area contributed by atoms with E-state index in [-0.39, 0.29) is 35.6 Å². The van der Waals surface area contributed by atoms with Gasteiger partial charge in [0.2, 0.25) is 12.1 Å². The number of likely N-dealkylation sites (tertiary alicyclic amines) is 1. The average molecular weight is 446 g/mol. The number of esters is 1. The van der Waals surface area contributed by atoms with Crippen LogP contribution < -0.4 is 0 Å². The quantitative estimate of drug-likeness (QED) is 0.285. The maximum atomic E-state index is 13.1. The highest BCUT2D eigenvalue weighted by atomic mass is 28.4. The molecule has 1 aliphatic carbocycles. The van der Waals surface area contributed by atoms with Crippen molar-refractivity contribution in [3.8, 4) is 0 Å². The van der Waals surface area contributed by atoms with Gasteiger partial charge >= 0.3 is 5.97 Å². The second kappa shape index (κ2) is 8.52. The molecular weight excluding hydrogens is 410 g/mol. The van der Waals surface area contributed by atoms with E-state index in [1.807, 2.05) is 37.3 Å². The first-order chi connectivity index (χ1) is 14.3. The number of carbonyl (C=O) groups excluding carboxylic acids is 2. The number of ether oxygens (including phenoxy) is 1. The van der Waals surface area contributed by atoms with Gasteiger partial charge in [-0.15, -0.1) is 0 Å². The van der Waals surface area contributed by atoms with Crippen molar-refractivity contribution < 1.29 is 23.9 Å². The first kappa shape index (κ1) is 23.7. The molecular formula is C24H35NO5Si. The summed E-state index contributed by atoms with van der Waals surface area (Å²) in [5.74, 6) is -1.38. The van der Waals surface area contributed by atoms with E-state index in [9.17, 15) is 14.7 Å². The number of nitrogens with zero attached hydrogens (tertiary/aromatic N) is 1. The minimum absolute atomic E-state index is 0.0210. The summed E-state index contributed by atoms with van der Waals surface area (Å²) in [5, 5.41) is 10.7. The lowest BCUT2D eigenvalue weighted by Gasteiger charge is -2.52. The van der Waals surface area contributed by atoms with E-state index in [0.29, 0.717) is 0 Å². The van der Waals surface area contributed by atoms with Gasteiger partial charge in [0.25, 0.3) is 0 Å². The van der Waals surface area contributed by atoms with E-state index in [0.717, 1.165) is 17.6 Å². The van der Waals surface area contributed by atoms with E-state index in [2.05, 4.69) is 40.4 Å². The third-order valence-corrected chi connectivity index (χ3v) is 11.6. The molecule has 1 heterocycles. The summed E-state index contributed by atoms with van der Waals surface area (Å²) >= 11 is 0. The molecule has 5 atom stereocenters. The summed E-state index contributed by atoms with van der Waals surface area (Å²) in [7, 11) is -2.07. The van der Waals surface area contributed by atoms with Gasteiger partial charge in [-0.25, -0.2) is 4.79 Å². The van der Waals surface area contributed by atoms with E-state index >= 15 is 0 Å². The Balaban J connectivity index is 1.69. The molecule has 1 aromatic rings. The third kappa shape index (κ3) is 4.78. The number of benzene rings is 1. The lowest BCUT2D eigenvalue weighted by Crippen LogP contribution is -2.70. The molecule has 170 valence electrons. The van der Waals surface area contributed by atoms with Crippen LogP contribution in [0.1, 0.15) is 39.7 Å². The zero-order valence-corrected chi connectivity index (χ0v) is 20.4. The van der Waals surface area contributed by atoms with Crippen molar-refractivity contribution >= 4 is 20.2 Å². The van der Waals surface area contributed by atoms with Crippen molar-refractivity contribution in [1.82, 2.24) is 4.90 Å². The van der Waals surface area contributed by atoms with Crippen molar-refractivity contribution in [1.29, 1.82) is 0 Å². The van der Waals surface area contributed by atoms with Crippen molar-refractivity contribution in [3.05, 3.63) is 48.0 Å². The molecule has 31 heavy (non-hydrogen) atoms. The molecule has 2 unspecified atom stereocenters. The van der Waals surface area contributed by atoms with E-state index in [1.54, 1.807) is 0 Å². The van der Waals surface area contributed by atoms with Crippen LogP contribution in [0, 0.1) is 11.8 Å². The lowest BCUT2D eigenvalue weighted by molar-refractivity contribution is -0.198. The largest absolute Gasteiger partial charge is 0.457 e. The second-order valence-electron chi connectivity index (χ2n) is 10.3. The van der Waals surface area contributed by atoms with Crippen molar-refractivity contribution in [2.75, 3.05) is 0 Å². The Morgan fingerprint density at radius 1 is 1.29 bits per heavy atom. The van der Waals surface area contributed by atoms with Gasteiger partial charge in [0.05, 0.1) is 18.1 Å². The van der Waals surface area contributed by atoms with Crippen LogP contribution in [-0.4, -0.2) is 48.6 Å². The predicted octanol–water partition coefficient (Wildman–Crippen LogP) is 3.86. The zero-order chi connectivity index (χ0) is 23.1. The van der Waals surface area contributed by atoms with Crippen molar-refractivity contribution in [3.63, 3.8) is 0 Å². The van der Waals surface area contributed by atoms with Gasteiger partial charge in [-0.1, -0.05) is 63.3 Å².